The van der Waals surface area contributed by atoms with Gasteiger partial charge in [-0.25, -0.2) is 0 Å². The fraction of sp³-hybridized carbons (Fsp3) is 1.00. The predicted octanol–water partition coefficient (Wildman–Crippen LogP) is 1.75. The Morgan fingerprint density at radius 1 is 1.40 bits per heavy atom. The highest BCUT2D eigenvalue weighted by Gasteiger charge is 2.26. The fourth-order valence-electron chi connectivity index (χ4n) is 1.69. The summed E-state index contributed by atoms with van der Waals surface area (Å²) in [4.78, 5) is 2.36. The van der Waals surface area contributed by atoms with Crippen molar-refractivity contribution in [1.82, 2.24) is 4.90 Å². The van der Waals surface area contributed by atoms with E-state index >= 15 is 0 Å². The van der Waals surface area contributed by atoms with Crippen LogP contribution in [-0.2, 0) is 4.74 Å². The fourth-order valence-corrected chi connectivity index (χ4v) is 1.69. The molecule has 0 aromatic heterocycles. The van der Waals surface area contributed by atoms with Gasteiger partial charge in [0.25, 0.3) is 0 Å². The van der Waals surface area contributed by atoms with Gasteiger partial charge in [-0.15, -0.1) is 0 Å². The van der Waals surface area contributed by atoms with Crippen LogP contribution in [0, 0.1) is 5.41 Å². The number of ether oxygens (including phenoxy) is 1. The first-order valence-corrected chi connectivity index (χ1v) is 5.86. The smallest absolute Gasteiger partial charge is 0.0615 e. The maximum Gasteiger partial charge on any atom is 0.0615 e. The number of hydrogen-bond acceptors (Lipinski definition) is 3. The number of aliphatic hydroxyl groups excluding tert-OH is 1. The molecular weight excluding hydrogens is 190 g/mol. The van der Waals surface area contributed by atoms with Crippen LogP contribution in [0.1, 0.15) is 34.1 Å². The second kappa shape index (κ2) is 7.20. The molecule has 0 spiro atoms. The summed E-state index contributed by atoms with van der Waals surface area (Å²) in [7, 11) is 1.73. The van der Waals surface area contributed by atoms with Crippen LogP contribution in [0.2, 0.25) is 0 Å². The van der Waals surface area contributed by atoms with Crippen LogP contribution < -0.4 is 0 Å². The largest absolute Gasteiger partial charge is 0.396 e. The topological polar surface area (TPSA) is 32.7 Å². The van der Waals surface area contributed by atoms with Crippen molar-refractivity contribution in [2.45, 2.75) is 40.2 Å². The lowest BCUT2D eigenvalue weighted by Gasteiger charge is -2.36. The van der Waals surface area contributed by atoms with Gasteiger partial charge in [0.05, 0.1) is 6.61 Å². The Labute approximate surface area is 94.4 Å². The van der Waals surface area contributed by atoms with Crippen LogP contribution in [-0.4, -0.2) is 49.5 Å². The Balaban J connectivity index is 4.29. The molecule has 0 aliphatic rings. The summed E-state index contributed by atoms with van der Waals surface area (Å²) in [5, 5.41) is 9.38. The predicted molar refractivity (Wildman–Crippen MR) is 64.1 cm³/mol. The minimum Gasteiger partial charge on any atom is -0.396 e. The van der Waals surface area contributed by atoms with E-state index in [1.54, 1.807) is 7.11 Å². The summed E-state index contributed by atoms with van der Waals surface area (Å²) >= 11 is 0. The lowest BCUT2D eigenvalue weighted by Crippen LogP contribution is -2.44. The average molecular weight is 217 g/mol. The van der Waals surface area contributed by atoms with Crippen LogP contribution >= 0.6 is 0 Å². The van der Waals surface area contributed by atoms with Crippen LogP contribution in [0.5, 0.6) is 0 Å². The normalized spacial score (nSPS) is 17.8. The highest BCUT2D eigenvalue weighted by atomic mass is 16.5. The Hall–Kier alpha value is -0.120. The van der Waals surface area contributed by atoms with Crippen molar-refractivity contribution in [3.05, 3.63) is 0 Å². The Kier molecular flexibility index (Phi) is 7.14. The van der Waals surface area contributed by atoms with Crippen molar-refractivity contribution in [3.63, 3.8) is 0 Å². The first-order valence-electron chi connectivity index (χ1n) is 5.86. The van der Waals surface area contributed by atoms with E-state index in [1.807, 2.05) is 0 Å². The Bertz CT molecular complexity index is 158. The van der Waals surface area contributed by atoms with Gasteiger partial charge in [-0.05, 0) is 19.9 Å². The highest BCUT2D eigenvalue weighted by Crippen LogP contribution is 2.22. The standard InChI is InChI=1S/C12H27NO2/c1-6-12(4,10-14)9-13(7-2)11(3)8-15-5/h11,14H,6-10H2,1-5H3. The molecule has 2 atom stereocenters. The molecule has 0 saturated carbocycles. The molecular formula is C12H27NO2. The van der Waals surface area contributed by atoms with Crippen molar-refractivity contribution in [2.75, 3.05) is 33.4 Å². The number of hydrogen-bond donors (Lipinski definition) is 1. The molecule has 0 bridgehead atoms. The van der Waals surface area contributed by atoms with E-state index in [9.17, 15) is 5.11 Å². The molecule has 3 nitrogen and oxygen atoms in total. The van der Waals surface area contributed by atoms with Crippen molar-refractivity contribution >= 4 is 0 Å². The van der Waals surface area contributed by atoms with E-state index in [0.29, 0.717) is 6.04 Å². The molecule has 15 heavy (non-hydrogen) atoms. The number of likely N-dealkylation sites (N-methyl/N-ethyl adjacent to an activating group) is 1. The Morgan fingerprint density at radius 3 is 2.33 bits per heavy atom. The number of aliphatic hydroxyl groups is 1. The van der Waals surface area contributed by atoms with Crippen molar-refractivity contribution < 1.29 is 9.84 Å². The molecule has 0 rings (SSSR count). The van der Waals surface area contributed by atoms with E-state index in [2.05, 4.69) is 32.6 Å². The third-order valence-electron chi connectivity index (χ3n) is 3.26. The van der Waals surface area contributed by atoms with Crippen LogP contribution in [0.3, 0.4) is 0 Å². The highest BCUT2D eigenvalue weighted by molar-refractivity contribution is 4.78. The van der Waals surface area contributed by atoms with Gasteiger partial charge in [0.1, 0.15) is 0 Å². The third-order valence-corrected chi connectivity index (χ3v) is 3.26. The molecule has 92 valence electrons. The minimum atomic E-state index is 0.0119. The van der Waals surface area contributed by atoms with E-state index in [0.717, 1.165) is 26.1 Å². The van der Waals surface area contributed by atoms with E-state index < -0.39 is 0 Å². The first-order chi connectivity index (χ1) is 7.02. The van der Waals surface area contributed by atoms with Crippen LogP contribution in [0.4, 0.5) is 0 Å². The van der Waals surface area contributed by atoms with Crippen molar-refractivity contribution in [2.24, 2.45) is 5.41 Å². The van der Waals surface area contributed by atoms with Crippen molar-refractivity contribution in [3.8, 4) is 0 Å². The molecule has 0 fully saturated rings. The molecule has 0 aromatic carbocycles. The second-order valence-electron chi connectivity index (χ2n) is 4.69. The summed E-state index contributed by atoms with van der Waals surface area (Å²) < 4.78 is 5.16. The summed E-state index contributed by atoms with van der Waals surface area (Å²) in [6, 6.07) is 0.414. The summed E-state index contributed by atoms with van der Waals surface area (Å²) in [5.41, 5.74) is 0.0119. The van der Waals surface area contributed by atoms with Gasteiger partial charge in [-0.1, -0.05) is 20.8 Å². The SMILES string of the molecule is CCN(CC(C)(CC)CO)C(C)COC. The Morgan fingerprint density at radius 2 is 2.00 bits per heavy atom. The lowest BCUT2D eigenvalue weighted by atomic mass is 9.87. The third kappa shape index (κ3) is 4.96. The van der Waals surface area contributed by atoms with Crippen LogP contribution in [0.15, 0.2) is 0 Å². The van der Waals surface area contributed by atoms with Gasteiger partial charge in [0.2, 0.25) is 0 Å². The van der Waals surface area contributed by atoms with Gasteiger partial charge in [0.15, 0.2) is 0 Å². The number of nitrogens with zero attached hydrogens (tertiary/aromatic N) is 1. The zero-order chi connectivity index (χ0) is 11.9. The molecule has 2 unspecified atom stereocenters. The molecule has 0 radical (unpaired) electrons. The zero-order valence-electron chi connectivity index (χ0n) is 10.9. The van der Waals surface area contributed by atoms with E-state index in [-0.39, 0.29) is 12.0 Å². The summed E-state index contributed by atoms with van der Waals surface area (Å²) in [6.07, 6.45) is 1.000. The maximum absolute atomic E-state index is 9.38. The number of rotatable bonds is 8. The van der Waals surface area contributed by atoms with Gasteiger partial charge in [-0.2, -0.15) is 0 Å². The molecule has 0 aromatic rings. The summed E-state index contributed by atoms with van der Waals surface area (Å²) in [6.45, 7) is 11.5. The first kappa shape index (κ1) is 14.9. The zero-order valence-corrected chi connectivity index (χ0v) is 10.9. The average Bonchev–Trinajstić information content (AvgIpc) is 2.26. The monoisotopic (exact) mass is 217 g/mol. The van der Waals surface area contributed by atoms with Gasteiger partial charge in [-0.3, -0.25) is 4.90 Å². The molecule has 0 saturated heterocycles. The molecule has 0 heterocycles. The van der Waals surface area contributed by atoms with Crippen molar-refractivity contribution in [1.29, 1.82) is 0 Å². The molecule has 0 aliphatic carbocycles. The second-order valence-corrected chi connectivity index (χ2v) is 4.69. The quantitative estimate of drug-likeness (QED) is 0.672. The molecule has 0 aliphatic heterocycles. The minimum absolute atomic E-state index is 0.0119. The van der Waals surface area contributed by atoms with Gasteiger partial charge < -0.3 is 9.84 Å². The molecule has 0 amide bonds. The number of methoxy groups -OCH3 is 1. The summed E-state index contributed by atoms with van der Waals surface area (Å²) in [5.74, 6) is 0. The maximum atomic E-state index is 9.38. The van der Waals surface area contributed by atoms with E-state index in [4.69, 9.17) is 4.74 Å². The van der Waals surface area contributed by atoms with Gasteiger partial charge >= 0.3 is 0 Å². The van der Waals surface area contributed by atoms with Gasteiger partial charge in [0, 0.05) is 31.7 Å². The molecule has 1 N–H and O–H groups in total. The lowest BCUT2D eigenvalue weighted by molar-refractivity contribution is 0.0425. The van der Waals surface area contributed by atoms with Crippen LogP contribution in [0.25, 0.3) is 0 Å². The van der Waals surface area contributed by atoms with E-state index in [1.165, 1.54) is 0 Å². The molecule has 3 heteroatoms.